The van der Waals surface area contributed by atoms with Crippen molar-refractivity contribution in [3.05, 3.63) is 103 Å². The lowest BCUT2D eigenvalue weighted by atomic mass is 10.1. The van der Waals surface area contributed by atoms with Crippen LogP contribution in [0, 0.1) is 0 Å². The fourth-order valence-corrected chi connectivity index (χ4v) is 3.18. The minimum atomic E-state index is -0.685. The van der Waals surface area contributed by atoms with E-state index in [-0.39, 0.29) is 11.3 Å². The Morgan fingerprint density at radius 3 is 2.26 bits per heavy atom. The molecule has 2 aromatic carbocycles. The Kier molecular flexibility index (Phi) is 6.45. The predicted octanol–water partition coefficient (Wildman–Crippen LogP) is 5.87. The summed E-state index contributed by atoms with van der Waals surface area (Å²) in [6.07, 6.45) is 5.23. The van der Waals surface area contributed by atoms with Crippen molar-refractivity contribution in [2.45, 2.75) is 26.4 Å². The number of nitrogens with zero attached hydrogens (tertiary/aromatic N) is 2. The van der Waals surface area contributed by atoms with Crippen LogP contribution in [0.3, 0.4) is 0 Å². The molecular weight excluding hydrogens is 430 g/mol. The van der Waals surface area contributed by atoms with E-state index in [4.69, 9.17) is 9.47 Å². The van der Waals surface area contributed by atoms with Gasteiger partial charge in [0.2, 0.25) is 0 Å². The highest BCUT2D eigenvalue weighted by atomic mass is 16.6. The van der Waals surface area contributed by atoms with Gasteiger partial charge >= 0.3 is 5.97 Å². The van der Waals surface area contributed by atoms with E-state index in [0.29, 0.717) is 22.9 Å². The number of carbonyl (C=O) groups excluding carboxylic acids is 2. The number of para-hydroxylation sites is 1. The Bertz CT molecular complexity index is 1280. The van der Waals surface area contributed by atoms with E-state index < -0.39 is 17.5 Å². The van der Waals surface area contributed by atoms with E-state index in [1.54, 1.807) is 51.1 Å². The van der Waals surface area contributed by atoms with E-state index in [9.17, 15) is 9.59 Å². The van der Waals surface area contributed by atoms with Crippen LogP contribution in [0.25, 0.3) is 5.82 Å². The Labute approximate surface area is 198 Å². The maximum absolute atomic E-state index is 13.0. The molecule has 0 aliphatic rings. The lowest BCUT2D eigenvalue weighted by Gasteiger charge is -2.21. The fraction of sp³-hybridized carbons (Fsp3) is 0.148. The number of anilines is 1. The first-order chi connectivity index (χ1) is 16.3. The summed E-state index contributed by atoms with van der Waals surface area (Å²) in [6, 6.07) is 21.3. The fourth-order valence-electron chi connectivity index (χ4n) is 3.18. The van der Waals surface area contributed by atoms with Gasteiger partial charge in [0.05, 0.1) is 16.8 Å². The lowest BCUT2D eigenvalue weighted by Crippen LogP contribution is -2.25. The van der Waals surface area contributed by atoms with Gasteiger partial charge in [-0.05, 0) is 69.3 Å². The molecule has 0 aliphatic carbocycles. The summed E-state index contributed by atoms with van der Waals surface area (Å²) in [5, 5.41) is 2.81. The maximum atomic E-state index is 13.0. The molecule has 2 heterocycles. The highest BCUT2D eigenvalue weighted by Gasteiger charge is 2.22. The Balaban J connectivity index is 1.60. The molecule has 2 aromatic heterocycles. The standard InChI is InChI=1S/C27H25N3O4/c1-27(2,3)34-26(32)22-13-12-21(33-20-9-5-4-6-10-20)17-23(22)29-25(31)19-11-14-24(28-18-19)30-15-7-8-16-30/h4-18H,1-3H3,(H,29,31). The molecule has 0 spiro atoms. The van der Waals surface area contributed by atoms with Crippen molar-refractivity contribution in [3.63, 3.8) is 0 Å². The van der Waals surface area contributed by atoms with Crippen LogP contribution in [-0.2, 0) is 4.74 Å². The second kappa shape index (κ2) is 9.62. The molecule has 0 radical (unpaired) electrons. The van der Waals surface area contributed by atoms with E-state index in [2.05, 4.69) is 10.3 Å². The average Bonchev–Trinajstić information content (AvgIpc) is 3.34. The molecular formula is C27H25N3O4. The first kappa shape index (κ1) is 22.8. The average molecular weight is 456 g/mol. The SMILES string of the molecule is CC(C)(C)OC(=O)c1ccc(Oc2ccccc2)cc1NC(=O)c1ccc(-n2cccc2)nc1. The quantitative estimate of drug-likeness (QED) is 0.368. The van der Waals surface area contributed by atoms with Crippen LogP contribution in [0.15, 0.2) is 91.4 Å². The maximum Gasteiger partial charge on any atom is 0.340 e. The Hall–Kier alpha value is -4.39. The monoisotopic (exact) mass is 455 g/mol. The van der Waals surface area contributed by atoms with Crippen molar-refractivity contribution in [2.75, 3.05) is 5.32 Å². The number of rotatable bonds is 6. The summed E-state index contributed by atoms with van der Waals surface area (Å²) in [4.78, 5) is 30.2. The van der Waals surface area contributed by atoms with Gasteiger partial charge in [0, 0.05) is 24.7 Å². The second-order valence-corrected chi connectivity index (χ2v) is 8.57. The summed E-state index contributed by atoms with van der Waals surface area (Å²) in [5.41, 5.74) is 0.165. The molecule has 4 aromatic rings. The normalized spacial score (nSPS) is 11.0. The van der Waals surface area contributed by atoms with Crippen molar-refractivity contribution in [1.82, 2.24) is 9.55 Å². The number of ether oxygens (including phenoxy) is 2. The third kappa shape index (κ3) is 5.69. The van der Waals surface area contributed by atoms with Gasteiger partial charge in [-0.25, -0.2) is 9.78 Å². The molecule has 34 heavy (non-hydrogen) atoms. The van der Waals surface area contributed by atoms with Crippen molar-refractivity contribution in [1.29, 1.82) is 0 Å². The van der Waals surface area contributed by atoms with Crippen molar-refractivity contribution < 1.29 is 19.1 Å². The topological polar surface area (TPSA) is 82.5 Å². The molecule has 1 amide bonds. The third-order valence-electron chi connectivity index (χ3n) is 4.72. The van der Waals surface area contributed by atoms with Crippen LogP contribution in [-0.4, -0.2) is 27.0 Å². The van der Waals surface area contributed by atoms with Crippen molar-refractivity contribution in [2.24, 2.45) is 0 Å². The predicted molar refractivity (Wildman–Crippen MR) is 130 cm³/mol. The number of carbonyl (C=O) groups is 2. The molecule has 0 unspecified atom stereocenters. The molecule has 172 valence electrons. The number of nitrogens with one attached hydrogen (secondary N) is 1. The minimum Gasteiger partial charge on any atom is -0.457 e. The number of amides is 1. The number of pyridine rings is 1. The van der Waals surface area contributed by atoms with Crippen molar-refractivity contribution in [3.8, 4) is 17.3 Å². The number of aromatic nitrogens is 2. The molecule has 0 saturated carbocycles. The zero-order valence-electron chi connectivity index (χ0n) is 19.2. The van der Waals surface area contributed by atoms with Crippen molar-refractivity contribution >= 4 is 17.6 Å². The van der Waals surface area contributed by atoms with Gasteiger partial charge in [-0.15, -0.1) is 0 Å². The van der Waals surface area contributed by atoms with E-state index in [1.165, 1.54) is 6.20 Å². The van der Waals surface area contributed by atoms with E-state index in [1.807, 2.05) is 59.4 Å². The van der Waals surface area contributed by atoms with E-state index >= 15 is 0 Å². The third-order valence-corrected chi connectivity index (χ3v) is 4.72. The van der Waals surface area contributed by atoms with Gasteiger partial charge in [0.1, 0.15) is 22.9 Å². The summed E-state index contributed by atoms with van der Waals surface area (Å²) < 4.78 is 13.2. The number of hydrogen-bond donors (Lipinski definition) is 1. The largest absolute Gasteiger partial charge is 0.457 e. The number of esters is 1. The molecule has 7 nitrogen and oxygen atoms in total. The van der Waals surface area contributed by atoms with Crippen LogP contribution < -0.4 is 10.1 Å². The van der Waals surface area contributed by atoms with Gasteiger partial charge in [-0.2, -0.15) is 0 Å². The summed E-state index contributed by atoms with van der Waals surface area (Å²) in [5.74, 6) is 0.835. The molecule has 0 atom stereocenters. The summed E-state index contributed by atoms with van der Waals surface area (Å²) in [6.45, 7) is 5.36. The molecule has 4 rings (SSSR count). The zero-order chi connectivity index (χ0) is 24.1. The molecule has 1 N–H and O–H groups in total. The Morgan fingerprint density at radius 1 is 0.882 bits per heavy atom. The number of benzene rings is 2. The second-order valence-electron chi connectivity index (χ2n) is 8.57. The van der Waals surface area contributed by atoms with Gasteiger partial charge in [-0.3, -0.25) is 4.79 Å². The number of hydrogen-bond acceptors (Lipinski definition) is 5. The molecule has 0 fully saturated rings. The molecule has 7 heteroatoms. The highest BCUT2D eigenvalue weighted by molar-refractivity contribution is 6.08. The van der Waals surface area contributed by atoms with Gasteiger partial charge in [-0.1, -0.05) is 18.2 Å². The first-order valence-electron chi connectivity index (χ1n) is 10.8. The summed E-state index contributed by atoms with van der Waals surface area (Å²) in [7, 11) is 0. The molecule has 0 aliphatic heterocycles. The van der Waals surface area contributed by atoms with Crippen LogP contribution in [0.4, 0.5) is 5.69 Å². The highest BCUT2D eigenvalue weighted by Crippen LogP contribution is 2.29. The zero-order valence-corrected chi connectivity index (χ0v) is 19.2. The first-order valence-corrected chi connectivity index (χ1v) is 10.8. The van der Waals surface area contributed by atoms with Crippen LogP contribution >= 0.6 is 0 Å². The van der Waals surface area contributed by atoms with Gasteiger partial charge in [0.15, 0.2) is 0 Å². The molecule has 0 saturated heterocycles. The van der Waals surface area contributed by atoms with Gasteiger partial charge in [0.25, 0.3) is 5.91 Å². The van der Waals surface area contributed by atoms with E-state index in [0.717, 1.165) is 0 Å². The van der Waals surface area contributed by atoms with Crippen LogP contribution in [0.1, 0.15) is 41.5 Å². The Morgan fingerprint density at radius 2 is 1.62 bits per heavy atom. The minimum absolute atomic E-state index is 0.223. The lowest BCUT2D eigenvalue weighted by molar-refractivity contribution is 0.00707. The smallest absolute Gasteiger partial charge is 0.340 e. The van der Waals surface area contributed by atoms with Crippen LogP contribution in [0.5, 0.6) is 11.5 Å². The molecule has 0 bridgehead atoms. The summed E-state index contributed by atoms with van der Waals surface area (Å²) >= 11 is 0. The van der Waals surface area contributed by atoms with Crippen LogP contribution in [0.2, 0.25) is 0 Å². The van der Waals surface area contributed by atoms with Gasteiger partial charge < -0.3 is 19.4 Å².